The average Bonchev–Trinajstić information content (AvgIpc) is 2.88. The van der Waals surface area contributed by atoms with Crippen LogP contribution in [-0.2, 0) is 6.42 Å². The van der Waals surface area contributed by atoms with E-state index in [2.05, 4.69) is 27.7 Å². The second-order valence-electron chi connectivity index (χ2n) is 9.32. The van der Waals surface area contributed by atoms with Gasteiger partial charge in [-0.1, -0.05) is 33.6 Å². The minimum Gasteiger partial charge on any atom is -0.507 e. The third-order valence-corrected chi connectivity index (χ3v) is 7.51. The highest BCUT2D eigenvalue weighted by Crippen LogP contribution is 2.74. The van der Waals surface area contributed by atoms with Gasteiger partial charge in [0, 0.05) is 17.4 Å². The minimum atomic E-state index is -1.04. The summed E-state index contributed by atoms with van der Waals surface area (Å²) in [5.41, 5.74) is 1.42. The van der Waals surface area contributed by atoms with E-state index in [1.54, 1.807) is 0 Å². The average molecular weight is 358 g/mol. The highest BCUT2D eigenvalue weighted by molar-refractivity contribution is 5.94. The number of fused-ring (bicyclic) bond motifs is 2. The van der Waals surface area contributed by atoms with Crippen LogP contribution in [0.15, 0.2) is 6.07 Å². The maximum absolute atomic E-state index is 11.9. The van der Waals surface area contributed by atoms with Crippen LogP contribution in [0.3, 0.4) is 0 Å². The predicted molar refractivity (Wildman–Crippen MR) is 100 cm³/mol. The van der Waals surface area contributed by atoms with Crippen molar-refractivity contribution in [3.05, 3.63) is 22.8 Å². The molecular weight excluding hydrogens is 328 g/mol. The standard InChI is InChI=1S/C22H30O4/c1-5-6-7-8-12-11-14-16(19(23)15(12)20(24)25)18-17-13(21(18,2)3)9-10-22(17,4)26-14/h11,13,17-18,23H,5-10H2,1-4H3,(H,24,25)/t13?,17-,18-,22-/m1/s1. The SMILES string of the molecule is CCCCCc1cc2c(c(O)c1C(=O)O)[C@@H]1[C@H]3C(CC[C@@]3(C)O2)C1(C)C. The molecule has 2 fully saturated rings. The number of carboxylic acid groups (broad SMARTS) is 1. The molecule has 0 radical (unpaired) electrons. The number of aryl methyl sites for hydroxylation is 1. The lowest BCUT2D eigenvalue weighted by Crippen LogP contribution is -2.59. The molecule has 142 valence electrons. The first-order valence-electron chi connectivity index (χ1n) is 10.0. The van der Waals surface area contributed by atoms with Crippen molar-refractivity contribution in [1.29, 1.82) is 0 Å². The first kappa shape index (κ1) is 17.7. The third-order valence-electron chi connectivity index (χ3n) is 7.51. The maximum atomic E-state index is 11.9. The zero-order chi connectivity index (χ0) is 18.9. The van der Waals surface area contributed by atoms with E-state index in [-0.39, 0.29) is 28.2 Å². The molecule has 3 aliphatic rings. The summed E-state index contributed by atoms with van der Waals surface area (Å²) in [5.74, 6) is 0.769. The molecule has 0 saturated heterocycles. The topological polar surface area (TPSA) is 66.8 Å². The van der Waals surface area contributed by atoms with Crippen LogP contribution in [0.1, 0.15) is 87.2 Å². The number of ether oxygens (including phenoxy) is 1. The number of rotatable bonds is 5. The molecule has 0 bridgehead atoms. The van der Waals surface area contributed by atoms with Gasteiger partial charge < -0.3 is 14.9 Å². The molecule has 1 aromatic carbocycles. The number of unbranched alkanes of at least 4 members (excludes halogenated alkanes) is 2. The van der Waals surface area contributed by atoms with E-state index in [0.29, 0.717) is 23.8 Å². The lowest BCUT2D eigenvalue weighted by molar-refractivity contribution is -0.121. The van der Waals surface area contributed by atoms with Gasteiger partial charge in [0.1, 0.15) is 22.7 Å². The van der Waals surface area contributed by atoms with Crippen LogP contribution in [0, 0.1) is 17.3 Å². The highest BCUT2D eigenvalue weighted by atomic mass is 16.5. The molecule has 4 atom stereocenters. The van der Waals surface area contributed by atoms with Crippen LogP contribution in [0.4, 0.5) is 0 Å². The van der Waals surface area contributed by atoms with Crippen molar-refractivity contribution in [3.8, 4) is 11.5 Å². The Morgan fingerprint density at radius 2 is 2.04 bits per heavy atom. The maximum Gasteiger partial charge on any atom is 0.339 e. The Bertz CT molecular complexity index is 766. The highest BCUT2D eigenvalue weighted by Gasteiger charge is 2.69. The van der Waals surface area contributed by atoms with Crippen LogP contribution >= 0.6 is 0 Å². The van der Waals surface area contributed by atoms with Crippen molar-refractivity contribution in [2.24, 2.45) is 17.3 Å². The second-order valence-corrected chi connectivity index (χ2v) is 9.32. The summed E-state index contributed by atoms with van der Waals surface area (Å²) < 4.78 is 6.45. The van der Waals surface area contributed by atoms with Crippen molar-refractivity contribution in [3.63, 3.8) is 0 Å². The van der Waals surface area contributed by atoms with E-state index in [9.17, 15) is 15.0 Å². The Hall–Kier alpha value is -1.71. The van der Waals surface area contributed by atoms with Gasteiger partial charge in [-0.2, -0.15) is 0 Å². The van der Waals surface area contributed by atoms with Crippen LogP contribution < -0.4 is 4.74 Å². The number of carboxylic acids is 1. The van der Waals surface area contributed by atoms with Crippen molar-refractivity contribution in [1.82, 2.24) is 0 Å². The first-order valence-corrected chi connectivity index (χ1v) is 10.0. The first-order chi connectivity index (χ1) is 12.2. The van der Waals surface area contributed by atoms with Gasteiger partial charge in [0.15, 0.2) is 0 Å². The normalized spacial score (nSPS) is 33.0. The molecule has 0 aromatic heterocycles. The monoisotopic (exact) mass is 358 g/mol. The second kappa shape index (κ2) is 5.64. The molecule has 0 spiro atoms. The Balaban J connectivity index is 1.85. The minimum absolute atomic E-state index is 0.0491. The van der Waals surface area contributed by atoms with E-state index in [1.807, 2.05) is 6.07 Å². The van der Waals surface area contributed by atoms with Gasteiger partial charge in [0.25, 0.3) is 0 Å². The van der Waals surface area contributed by atoms with E-state index in [4.69, 9.17) is 4.74 Å². The zero-order valence-corrected chi connectivity index (χ0v) is 16.3. The molecule has 1 unspecified atom stereocenters. The van der Waals surface area contributed by atoms with Crippen molar-refractivity contribution >= 4 is 5.97 Å². The molecule has 4 rings (SSSR count). The van der Waals surface area contributed by atoms with Crippen LogP contribution in [0.5, 0.6) is 11.5 Å². The van der Waals surface area contributed by atoms with Gasteiger partial charge in [-0.3, -0.25) is 0 Å². The number of aromatic hydroxyl groups is 1. The smallest absolute Gasteiger partial charge is 0.339 e. The van der Waals surface area contributed by atoms with Crippen LogP contribution in [0.2, 0.25) is 0 Å². The van der Waals surface area contributed by atoms with E-state index in [0.717, 1.165) is 43.4 Å². The van der Waals surface area contributed by atoms with Crippen molar-refractivity contribution in [2.45, 2.75) is 77.7 Å². The van der Waals surface area contributed by atoms with E-state index < -0.39 is 5.97 Å². The molecular formula is C22H30O4. The lowest BCUT2D eigenvalue weighted by Gasteiger charge is -2.62. The Kier molecular flexibility index (Phi) is 3.84. The summed E-state index contributed by atoms with van der Waals surface area (Å²) in [6.45, 7) is 8.84. The molecule has 4 heteroatoms. The summed E-state index contributed by atoms with van der Waals surface area (Å²) in [6.07, 6.45) is 5.90. The molecule has 2 aliphatic carbocycles. The van der Waals surface area contributed by atoms with Gasteiger partial charge in [-0.05, 0) is 55.6 Å². The van der Waals surface area contributed by atoms with Crippen molar-refractivity contribution < 1.29 is 19.7 Å². The number of hydrogen-bond donors (Lipinski definition) is 2. The molecule has 2 saturated carbocycles. The number of carbonyl (C=O) groups is 1. The molecule has 4 nitrogen and oxygen atoms in total. The molecule has 1 aromatic rings. The van der Waals surface area contributed by atoms with Gasteiger partial charge in [-0.15, -0.1) is 0 Å². The van der Waals surface area contributed by atoms with Crippen molar-refractivity contribution in [2.75, 3.05) is 0 Å². The van der Waals surface area contributed by atoms with Gasteiger partial charge >= 0.3 is 5.97 Å². The number of phenols is 1. The lowest BCUT2D eigenvalue weighted by atomic mass is 9.45. The summed E-state index contributed by atoms with van der Waals surface area (Å²) in [4.78, 5) is 11.9. The number of benzene rings is 1. The van der Waals surface area contributed by atoms with E-state index in [1.165, 1.54) is 0 Å². The Morgan fingerprint density at radius 1 is 1.31 bits per heavy atom. The summed E-state index contributed by atoms with van der Waals surface area (Å²) >= 11 is 0. The largest absolute Gasteiger partial charge is 0.507 e. The molecule has 1 aliphatic heterocycles. The summed E-state index contributed by atoms with van der Waals surface area (Å²) in [5, 5.41) is 20.8. The fourth-order valence-corrected chi connectivity index (χ4v) is 6.23. The van der Waals surface area contributed by atoms with Crippen LogP contribution in [0.25, 0.3) is 0 Å². The molecule has 1 heterocycles. The molecule has 26 heavy (non-hydrogen) atoms. The quantitative estimate of drug-likeness (QED) is 0.717. The Labute approximate surface area is 155 Å². The predicted octanol–water partition coefficient (Wildman–Crippen LogP) is 5.12. The van der Waals surface area contributed by atoms with E-state index >= 15 is 0 Å². The summed E-state index contributed by atoms with van der Waals surface area (Å²) in [6, 6.07) is 1.91. The van der Waals surface area contributed by atoms with Gasteiger partial charge in [-0.25, -0.2) is 4.79 Å². The fraction of sp³-hybridized carbons (Fsp3) is 0.682. The van der Waals surface area contributed by atoms with Gasteiger partial charge in [0.2, 0.25) is 0 Å². The van der Waals surface area contributed by atoms with Crippen LogP contribution in [-0.4, -0.2) is 21.8 Å². The zero-order valence-electron chi connectivity index (χ0n) is 16.3. The van der Waals surface area contributed by atoms with Gasteiger partial charge in [0.05, 0.1) is 0 Å². The number of aromatic carboxylic acids is 1. The Morgan fingerprint density at radius 3 is 2.69 bits per heavy atom. The summed E-state index contributed by atoms with van der Waals surface area (Å²) in [7, 11) is 0. The third kappa shape index (κ3) is 2.17. The molecule has 2 N–H and O–H groups in total. The molecule has 0 amide bonds. The fourth-order valence-electron chi connectivity index (χ4n) is 6.23. The number of hydrogen-bond acceptors (Lipinski definition) is 3.